The van der Waals surface area contributed by atoms with E-state index in [2.05, 4.69) is 4.74 Å². The van der Waals surface area contributed by atoms with Crippen molar-refractivity contribution < 1.29 is 40.5 Å². The summed E-state index contributed by atoms with van der Waals surface area (Å²) in [5, 5.41) is 0. The van der Waals surface area contributed by atoms with Gasteiger partial charge < -0.3 is 6.16 Å². The fraction of sp³-hybridized carbons (Fsp3) is 0.667. The first-order valence-electron chi connectivity index (χ1n) is 1.47. The molecule has 0 spiro atoms. The molecular formula is C3H7NaO2. The minimum atomic E-state index is 0. The summed E-state index contributed by atoms with van der Waals surface area (Å²) in [6.45, 7) is 2.66. The maximum atomic E-state index is 9.18. The number of ether oxygens (including phenoxy) is 1. The Bertz CT molecular complexity index is 34.1. The Morgan fingerprint density at radius 2 is 2.50 bits per heavy atom. The minimum Gasteiger partial charge on any atom is -1.00 e. The molecule has 0 radical (unpaired) electrons. The molecule has 0 saturated carbocycles. The van der Waals surface area contributed by atoms with Gasteiger partial charge in [0.2, 0.25) is 0 Å². The molecule has 0 aliphatic heterocycles. The number of carbonyl (C=O) groups excluding carboxylic acids is 1. The molecule has 0 aromatic carbocycles. The van der Waals surface area contributed by atoms with Crippen molar-refractivity contribution in [2.24, 2.45) is 0 Å². The topological polar surface area (TPSA) is 26.3 Å². The second kappa shape index (κ2) is 9.08. The average molecular weight is 98.1 g/mol. The summed E-state index contributed by atoms with van der Waals surface area (Å²) in [5.74, 6) is 0. The van der Waals surface area contributed by atoms with E-state index in [-0.39, 0.29) is 31.0 Å². The van der Waals surface area contributed by atoms with Gasteiger partial charge in [-0.1, -0.05) is 0 Å². The summed E-state index contributed by atoms with van der Waals surface area (Å²) >= 11 is 0. The summed E-state index contributed by atoms with van der Waals surface area (Å²) in [7, 11) is 0. The zero-order valence-corrected chi connectivity index (χ0v) is 6.10. The summed E-state index contributed by atoms with van der Waals surface area (Å²) in [6.07, 6.45) is 0. The van der Waals surface area contributed by atoms with E-state index in [0.717, 1.165) is 0 Å². The second-order valence-electron chi connectivity index (χ2n) is 0.552. The van der Waals surface area contributed by atoms with Crippen LogP contribution in [0.2, 0.25) is 0 Å². The fourth-order valence-corrected chi connectivity index (χ4v) is 0.0680. The molecule has 3 heteroatoms. The van der Waals surface area contributed by atoms with Gasteiger partial charge in [-0.05, 0) is 6.92 Å². The number of rotatable bonds is 2. The molecule has 0 aromatic rings. The molecule has 0 bridgehead atoms. The molecule has 0 aliphatic rings. The summed E-state index contributed by atoms with van der Waals surface area (Å²) in [6, 6.07) is 0. The number of carbonyl (C=O) groups is 1. The van der Waals surface area contributed by atoms with Crippen molar-refractivity contribution in [3.8, 4) is 0 Å². The van der Waals surface area contributed by atoms with Gasteiger partial charge in [0.05, 0.1) is 6.61 Å². The standard InChI is InChI=1S/C3H6O2.Na.H/c1-2-5-3-4;;/h3H,2H2,1H3;;/q;+1;-1. The third kappa shape index (κ3) is 8.82. The van der Waals surface area contributed by atoms with E-state index in [9.17, 15) is 4.79 Å². The minimum absolute atomic E-state index is 0. The van der Waals surface area contributed by atoms with E-state index >= 15 is 0 Å². The van der Waals surface area contributed by atoms with E-state index < -0.39 is 0 Å². The van der Waals surface area contributed by atoms with Crippen LogP contribution < -0.4 is 29.6 Å². The molecule has 0 aliphatic carbocycles. The van der Waals surface area contributed by atoms with Gasteiger partial charge in [0, 0.05) is 0 Å². The molecule has 32 valence electrons. The van der Waals surface area contributed by atoms with E-state index in [1.54, 1.807) is 6.92 Å². The summed E-state index contributed by atoms with van der Waals surface area (Å²) in [4.78, 5) is 9.18. The van der Waals surface area contributed by atoms with Crippen molar-refractivity contribution in [2.45, 2.75) is 6.92 Å². The predicted octanol–water partition coefficient (Wildman–Crippen LogP) is -2.70. The molecule has 0 aromatic heterocycles. The molecule has 0 atom stereocenters. The molecule has 0 unspecified atom stereocenters. The first-order valence-corrected chi connectivity index (χ1v) is 1.47. The Kier molecular flexibility index (Phi) is 14.7. The SMILES string of the molecule is CCOC=O.[H-].[Na+]. The molecule has 0 heterocycles. The summed E-state index contributed by atoms with van der Waals surface area (Å²) in [5.41, 5.74) is 0. The molecule has 6 heavy (non-hydrogen) atoms. The van der Waals surface area contributed by atoms with Crippen LogP contribution >= 0.6 is 0 Å². The van der Waals surface area contributed by atoms with Crippen molar-refractivity contribution in [2.75, 3.05) is 6.61 Å². The molecular weight excluding hydrogens is 91.0 g/mol. The third-order valence-electron chi connectivity index (χ3n) is 0.235. The van der Waals surface area contributed by atoms with Crippen LogP contribution in [-0.2, 0) is 9.53 Å². The molecule has 0 amide bonds. The van der Waals surface area contributed by atoms with Crippen molar-refractivity contribution in [3.63, 3.8) is 0 Å². The van der Waals surface area contributed by atoms with Crippen molar-refractivity contribution in [3.05, 3.63) is 0 Å². The molecule has 2 nitrogen and oxygen atoms in total. The zero-order valence-electron chi connectivity index (χ0n) is 5.10. The van der Waals surface area contributed by atoms with Crippen LogP contribution in [0.15, 0.2) is 0 Å². The van der Waals surface area contributed by atoms with Gasteiger partial charge in [0.15, 0.2) is 0 Å². The van der Waals surface area contributed by atoms with Gasteiger partial charge in [0.25, 0.3) is 6.47 Å². The molecule has 0 saturated heterocycles. The summed E-state index contributed by atoms with van der Waals surface area (Å²) < 4.78 is 4.15. The van der Waals surface area contributed by atoms with Crippen LogP contribution in [0.25, 0.3) is 0 Å². The van der Waals surface area contributed by atoms with Crippen LogP contribution in [0.5, 0.6) is 0 Å². The first kappa shape index (κ1) is 9.69. The van der Waals surface area contributed by atoms with Crippen molar-refractivity contribution >= 4 is 6.47 Å². The molecule has 0 N–H and O–H groups in total. The number of hydrogen-bond acceptors (Lipinski definition) is 2. The maximum Gasteiger partial charge on any atom is 1.00 e. The Morgan fingerprint density at radius 1 is 2.00 bits per heavy atom. The quantitative estimate of drug-likeness (QED) is 0.277. The Morgan fingerprint density at radius 3 is 2.50 bits per heavy atom. The van der Waals surface area contributed by atoms with Crippen LogP contribution in [-0.4, -0.2) is 13.1 Å². The van der Waals surface area contributed by atoms with Gasteiger partial charge in [-0.15, -0.1) is 0 Å². The van der Waals surface area contributed by atoms with Gasteiger partial charge in [0.1, 0.15) is 0 Å². The van der Waals surface area contributed by atoms with Crippen LogP contribution in [0, 0.1) is 0 Å². The van der Waals surface area contributed by atoms with Gasteiger partial charge in [-0.2, -0.15) is 0 Å². The van der Waals surface area contributed by atoms with E-state index in [0.29, 0.717) is 13.1 Å². The molecule has 0 fully saturated rings. The third-order valence-corrected chi connectivity index (χ3v) is 0.235. The number of hydrogen-bond donors (Lipinski definition) is 0. The normalized spacial score (nSPS) is 5.50. The Labute approximate surface area is 60.6 Å². The van der Waals surface area contributed by atoms with Gasteiger partial charge >= 0.3 is 29.6 Å². The van der Waals surface area contributed by atoms with Crippen molar-refractivity contribution in [1.29, 1.82) is 0 Å². The monoisotopic (exact) mass is 98.0 g/mol. The second-order valence-corrected chi connectivity index (χ2v) is 0.552. The predicted molar refractivity (Wildman–Crippen MR) is 18.8 cm³/mol. The molecule has 0 rings (SSSR count). The van der Waals surface area contributed by atoms with Crippen LogP contribution in [0.3, 0.4) is 0 Å². The van der Waals surface area contributed by atoms with E-state index in [4.69, 9.17) is 0 Å². The Hall–Kier alpha value is 0.470. The largest absolute Gasteiger partial charge is 1.00 e. The smallest absolute Gasteiger partial charge is 1.00 e. The Balaban J connectivity index is -0.0000000800. The first-order chi connectivity index (χ1) is 2.41. The average Bonchev–Trinajstić information content (AvgIpc) is 1.41. The van der Waals surface area contributed by atoms with Crippen molar-refractivity contribution in [1.82, 2.24) is 0 Å². The zero-order chi connectivity index (χ0) is 4.12. The fourth-order valence-electron chi connectivity index (χ4n) is 0.0680. The maximum absolute atomic E-state index is 9.18. The van der Waals surface area contributed by atoms with E-state index in [1.807, 2.05) is 0 Å². The van der Waals surface area contributed by atoms with E-state index in [1.165, 1.54) is 0 Å². The van der Waals surface area contributed by atoms with Gasteiger partial charge in [-0.3, -0.25) is 4.79 Å². The van der Waals surface area contributed by atoms with Crippen LogP contribution in [0.4, 0.5) is 0 Å². The van der Waals surface area contributed by atoms with Gasteiger partial charge in [-0.25, -0.2) is 0 Å². The van der Waals surface area contributed by atoms with Crippen LogP contribution in [0.1, 0.15) is 8.35 Å².